The largest absolute Gasteiger partial charge is 0.354 e. The van der Waals surface area contributed by atoms with Crippen LogP contribution in [0.25, 0.3) is 0 Å². The highest BCUT2D eigenvalue weighted by molar-refractivity contribution is 7.86. The zero-order chi connectivity index (χ0) is 43.6. The molecule has 0 aliphatic carbocycles. The molecule has 8 N–H and O–H groups in total. The number of anilines is 6. The fourth-order valence-electron chi connectivity index (χ4n) is 6.44. The minimum atomic E-state index is -4.12. The second-order valence-corrected chi connectivity index (χ2v) is 18.7. The second-order valence-electron chi connectivity index (χ2n) is 15.5. The molecule has 0 unspecified atom stereocenters. The first-order valence-electron chi connectivity index (χ1n) is 22.8. The maximum atomic E-state index is 11.2. The molecule has 0 fully saturated rings. The van der Waals surface area contributed by atoms with Crippen molar-refractivity contribution in [3.8, 4) is 0 Å². The summed E-state index contributed by atoms with van der Waals surface area (Å²) in [4.78, 5) is 26.6. The van der Waals surface area contributed by atoms with Crippen LogP contribution in [0, 0.1) is 0 Å². The summed E-state index contributed by atoms with van der Waals surface area (Å²) >= 11 is 0. The standard InChI is InChI=1S/C40H78N12O6S2/c1-3-5-7-9-11-13-15-17-19-23-27-41-35-47-37(51-39(49-35)45-31-33-59(53,54)55)43-29-25-21-22-26-30-44-38-48-36(50-40(52-38)46-32-34-60(56,57)58)42-28-24-20-18-16-14-12-10-8-6-4-2/h3-34H2,1-2H3,(H,53,54,55)(H,56,57,58)(H3,41,43,45,47,49,51)(H3,42,44,46,48,50,52). The SMILES string of the molecule is CCCCCCCCCCCCNc1nc(NCCCCCCNc2nc(NCCCCCCCCCCCC)nc(NCCS(=O)(=O)O)n2)nc(NCCS(=O)(=O)O)n1. The van der Waals surface area contributed by atoms with Gasteiger partial charge in [0.15, 0.2) is 0 Å². The van der Waals surface area contributed by atoms with Crippen LogP contribution in [0.2, 0.25) is 0 Å². The maximum absolute atomic E-state index is 11.2. The normalized spacial score (nSPS) is 11.7. The summed E-state index contributed by atoms with van der Waals surface area (Å²) in [5, 5.41) is 18.8. The fourth-order valence-corrected chi connectivity index (χ4v) is 7.16. The van der Waals surface area contributed by atoms with E-state index in [1.54, 1.807) is 0 Å². The third-order valence-corrected chi connectivity index (χ3v) is 11.3. The number of nitrogens with one attached hydrogen (secondary N) is 6. The molecule has 0 atom stereocenters. The van der Waals surface area contributed by atoms with Crippen molar-refractivity contribution in [1.29, 1.82) is 0 Å². The molecule has 2 heterocycles. The van der Waals surface area contributed by atoms with Crippen molar-refractivity contribution in [3.05, 3.63) is 0 Å². The van der Waals surface area contributed by atoms with Gasteiger partial charge in [0.2, 0.25) is 35.7 Å². The highest BCUT2D eigenvalue weighted by Gasteiger charge is 2.11. The summed E-state index contributed by atoms with van der Waals surface area (Å²) in [5.41, 5.74) is 0. The number of rotatable bonds is 41. The van der Waals surface area contributed by atoms with E-state index in [-0.39, 0.29) is 25.0 Å². The molecular formula is C40H78N12O6S2. The number of unbranched alkanes of at least 4 members (excludes halogenated alkanes) is 21. The van der Waals surface area contributed by atoms with Crippen molar-refractivity contribution in [2.45, 2.75) is 168 Å². The molecule has 0 amide bonds. The van der Waals surface area contributed by atoms with E-state index in [1.807, 2.05) is 0 Å². The fraction of sp³-hybridized carbons (Fsp3) is 0.850. The zero-order valence-corrected chi connectivity index (χ0v) is 38.3. The van der Waals surface area contributed by atoms with E-state index >= 15 is 0 Å². The van der Waals surface area contributed by atoms with Gasteiger partial charge in [0.1, 0.15) is 0 Å². The van der Waals surface area contributed by atoms with E-state index in [4.69, 9.17) is 9.11 Å². The van der Waals surface area contributed by atoms with E-state index in [0.717, 1.165) is 51.4 Å². The monoisotopic (exact) mass is 887 g/mol. The van der Waals surface area contributed by atoms with Crippen LogP contribution in [0.1, 0.15) is 168 Å². The average molecular weight is 887 g/mol. The molecule has 0 spiro atoms. The van der Waals surface area contributed by atoms with Crippen LogP contribution in [0.3, 0.4) is 0 Å². The van der Waals surface area contributed by atoms with Gasteiger partial charge in [0.05, 0.1) is 11.5 Å². The van der Waals surface area contributed by atoms with Crippen molar-refractivity contribution < 1.29 is 25.9 Å². The van der Waals surface area contributed by atoms with Crippen LogP contribution >= 0.6 is 0 Å². The van der Waals surface area contributed by atoms with Crippen molar-refractivity contribution in [1.82, 2.24) is 29.9 Å². The van der Waals surface area contributed by atoms with Gasteiger partial charge in [-0.05, 0) is 25.7 Å². The Balaban J connectivity index is 1.77. The summed E-state index contributed by atoms with van der Waals surface area (Å²) in [6, 6.07) is 0. The predicted octanol–water partition coefficient (Wildman–Crippen LogP) is 8.41. The Morgan fingerprint density at radius 1 is 0.317 bits per heavy atom. The van der Waals surface area contributed by atoms with Gasteiger partial charge in [-0.25, -0.2) is 0 Å². The van der Waals surface area contributed by atoms with Gasteiger partial charge >= 0.3 is 0 Å². The topological polar surface area (TPSA) is 258 Å². The lowest BCUT2D eigenvalue weighted by Crippen LogP contribution is -2.18. The molecule has 2 aromatic heterocycles. The van der Waals surface area contributed by atoms with Crippen LogP contribution in [0.5, 0.6) is 0 Å². The quantitative estimate of drug-likeness (QED) is 0.0230. The summed E-state index contributed by atoms with van der Waals surface area (Å²) < 4.78 is 63.1. The smallest absolute Gasteiger partial charge is 0.266 e. The number of hydrogen-bond acceptors (Lipinski definition) is 16. The van der Waals surface area contributed by atoms with E-state index < -0.39 is 31.7 Å². The Bertz CT molecular complexity index is 1490. The minimum absolute atomic E-state index is 0.0398. The van der Waals surface area contributed by atoms with Gasteiger partial charge in [-0.2, -0.15) is 46.7 Å². The van der Waals surface area contributed by atoms with Gasteiger partial charge in [-0.15, -0.1) is 0 Å². The highest BCUT2D eigenvalue weighted by Crippen LogP contribution is 2.15. The Hall–Kier alpha value is -3.36. The van der Waals surface area contributed by atoms with Crippen molar-refractivity contribution >= 4 is 55.9 Å². The van der Waals surface area contributed by atoms with Gasteiger partial charge in [-0.1, -0.05) is 142 Å². The molecule has 0 radical (unpaired) electrons. The predicted molar refractivity (Wildman–Crippen MR) is 246 cm³/mol. The number of hydrogen-bond donors (Lipinski definition) is 8. The molecule has 0 bridgehead atoms. The lowest BCUT2D eigenvalue weighted by atomic mass is 10.1. The number of aromatic nitrogens is 6. The van der Waals surface area contributed by atoms with Crippen LogP contribution in [-0.4, -0.2) is 107 Å². The molecule has 0 saturated carbocycles. The third-order valence-electron chi connectivity index (χ3n) is 9.85. The van der Waals surface area contributed by atoms with Gasteiger partial charge in [0.25, 0.3) is 20.2 Å². The molecule has 2 rings (SSSR count). The van der Waals surface area contributed by atoms with Crippen LogP contribution in [0.4, 0.5) is 35.7 Å². The summed E-state index contributed by atoms with van der Waals surface area (Å²) in [6.07, 6.45) is 28.5. The lowest BCUT2D eigenvalue weighted by Gasteiger charge is -2.12. The van der Waals surface area contributed by atoms with Crippen LogP contribution in [-0.2, 0) is 20.2 Å². The Morgan fingerprint density at radius 2 is 0.500 bits per heavy atom. The summed E-state index contributed by atoms with van der Waals surface area (Å²) in [7, 11) is -8.25. The maximum Gasteiger partial charge on any atom is 0.266 e. The zero-order valence-electron chi connectivity index (χ0n) is 36.7. The summed E-state index contributed by atoms with van der Waals surface area (Å²) in [5.74, 6) is 1.07. The minimum Gasteiger partial charge on any atom is -0.354 e. The molecule has 18 nitrogen and oxygen atoms in total. The first kappa shape index (κ1) is 52.8. The molecule has 20 heteroatoms. The van der Waals surface area contributed by atoms with Gasteiger partial charge < -0.3 is 31.9 Å². The van der Waals surface area contributed by atoms with E-state index in [0.29, 0.717) is 50.0 Å². The molecule has 60 heavy (non-hydrogen) atoms. The molecule has 0 aromatic carbocycles. The van der Waals surface area contributed by atoms with E-state index in [9.17, 15) is 16.8 Å². The first-order valence-corrected chi connectivity index (χ1v) is 26.0. The van der Waals surface area contributed by atoms with Crippen LogP contribution < -0.4 is 31.9 Å². The average Bonchev–Trinajstić information content (AvgIpc) is 3.19. The van der Waals surface area contributed by atoms with Crippen molar-refractivity contribution in [3.63, 3.8) is 0 Å². The van der Waals surface area contributed by atoms with Crippen molar-refractivity contribution in [2.75, 3.05) is 82.7 Å². The highest BCUT2D eigenvalue weighted by atomic mass is 32.2. The second kappa shape index (κ2) is 33.3. The van der Waals surface area contributed by atoms with E-state index in [2.05, 4.69) is 75.7 Å². The molecular weight excluding hydrogens is 809 g/mol. The number of nitrogens with zero attached hydrogens (tertiary/aromatic N) is 6. The Labute approximate surface area is 361 Å². The first-order chi connectivity index (χ1) is 29.0. The van der Waals surface area contributed by atoms with Gasteiger partial charge in [0, 0.05) is 39.3 Å². The molecule has 0 aliphatic heterocycles. The van der Waals surface area contributed by atoms with Crippen molar-refractivity contribution in [2.24, 2.45) is 0 Å². The molecule has 346 valence electrons. The van der Waals surface area contributed by atoms with E-state index in [1.165, 1.54) is 103 Å². The summed E-state index contributed by atoms with van der Waals surface area (Å²) in [6.45, 7) is 7.07. The lowest BCUT2D eigenvalue weighted by molar-refractivity contribution is 0.481. The van der Waals surface area contributed by atoms with Gasteiger partial charge in [-0.3, -0.25) is 9.11 Å². The Kier molecular flexibility index (Phi) is 29.3. The third kappa shape index (κ3) is 30.6. The molecule has 0 saturated heterocycles. The Morgan fingerprint density at radius 3 is 0.700 bits per heavy atom. The van der Waals surface area contributed by atoms with Crippen LogP contribution in [0.15, 0.2) is 0 Å². The molecule has 0 aliphatic rings. The molecule has 2 aromatic rings.